The molecule has 0 saturated heterocycles. The first-order valence-corrected chi connectivity index (χ1v) is 48.0. The van der Waals surface area contributed by atoms with E-state index in [1.54, 1.807) is 22.7 Å². The van der Waals surface area contributed by atoms with Crippen LogP contribution in [0, 0.1) is 49.4 Å². The molecule has 0 fully saturated rings. The predicted molar refractivity (Wildman–Crippen MR) is 480 cm³/mol. The molecule has 1 N–H and O–H groups in total. The molecule has 0 unspecified atom stereocenters. The second-order valence-corrected chi connectivity index (χ2v) is 38.3. The summed E-state index contributed by atoms with van der Waals surface area (Å²) >= 11 is 11.4. The van der Waals surface area contributed by atoms with E-state index in [9.17, 15) is 9.59 Å². The summed E-state index contributed by atoms with van der Waals surface area (Å²) in [7, 11) is 0. The Labute approximate surface area is 669 Å². The van der Waals surface area contributed by atoms with Crippen LogP contribution >= 0.6 is 68.0 Å². The molecule has 1 aliphatic rings. The first-order chi connectivity index (χ1) is 52.7. The molecule has 107 heavy (non-hydrogen) atoms. The Morgan fingerprint density at radius 1 is 0.318 bits per heavy atom. The monoisotopic (exact) mass is 1540 g/mol. The number of benzene rings is 4. The first kappa shape index (κ1) is 82.4. The van der Waals surface area contributed by atoms with Gasteiger partial charge in [-0.15, -0.1) is 68.0 Å². The van der Waals surface area contributed by atoms with Crippen molar-refractivity contribution in [3.63, 3.8) is 0 Å². The lowest BCUT2D eigenvalue weighted by Gasteiger charge is -2.15. The van der Waals surface area contributed by atoms with Crippen molar-refractivity contribution in [3.8, 4) is 66.2 Å². The maximum Gasteiger partial charge on any atom is 0.259 e. The fraction of sp³-hybridized carbons (Fsp3) is 0.551. The van der Waals surface area contributed by atoms with E-state index >= 15 is 0 Å². The number of amides is 2. The van der Waals surface area contributed by atoms with Gasteiger partial charge in [0, 0.05) is 85.9 Å². The molecule has 0 atom stereocenters. The normalized spacial score (nSPS) is 12.2. The number of unbranched alkanes of at least 4 members (excludes halogenated alkanes) is 42. The number of hydrogen-bond donors (Lipinski definition) is 1. The van der Waals surface area contributed by atoms with Gasteiger partial charge in [0.05, 0.1) is 20.5 Å². The molecule has 11 rings (SSSR count). The van der Waals surface area contributed by atoms with Gasteiger partial charge in [-0.1, -0.05) is 302 Å². The van der Waals surface area contributed by atoms with E-state index in [0.29, 0.717) is 11.1 Å². The molecule has 3 nitrogen and oxygen atoms in total. The van der Waals surface area contributed by atoms with Gasteiger partial charge >= 0.3 is 0 Å². The maximum absolute atomic E-state index is 13.6. The molecule has 10 aromatic rings. The van der Waals surface area contributed by atoms with Crippen LogP contribution in [-0.4, -0.2) is 11.8 Å². The highest BCUT2D eigenvalue weighted by atomic mass is 32.1. The van der Waals surface area contributed by atoms with Crippen molar-refractivity contribution in [3.05, 3.63) is 104 Å². The smallest absolute Gasteiger partial charge is 0.259 e. The predicted octanol–water partition coefficient (Wildman–Crippen LogP) is 33.1. The van der Waals surface area contributed by atoms with Crippen LogP contribution in [0.15, 0.2) is 60.7 Å². The molecule has 0 spiro atoms. The SMILES string of the molecule is CC#CC#CC#Cc1cc(-c2ccc(C)s2)c(CCCCCCCCCCCCCCCCC)c2sc3cc4c(cc3c12)sc1c(CCCCCCCCCCCCCCCCC)c(-c2ccc(-c3cc5c6c(c7cc(C)sc7c5s3)C(=O)NC6=O)s2)cc(CCCCCCCCCCCCCCCCC)c14. The van der Waals surface area contributed by atoms with Crippen LogP contribution in [0.1, 0.15) is 369 Å². The molecule has 6 aromatic heterocycles. The lowest BCUT2D eigenvalue weighted by atomic mass is 9.91. The Morgan fingerprint density at radius 2 is 0.710 bits per heavy atom. The van der Waals surface area contributed by atoms with Crippen LogP contribution in [0.25, 0.3) is 91.2 Å². The Morgan fingerprint density at radius 3 is 1.18 bits per heavy atom. The first-order valence-electron chi connectivity index (χ1n) is 43.1. The third kappa shape index (κ3) is 22.8. The van der Waals surface area contributed by atoms with Gasteiger partial charge < -0.3 is 0 Å². The van der Waals surface area contributed by atoms with E-state index in [1.807, 2.05) is 40.9 Å². The van der Waals surface area contributed by atoms with Gasteiger partial charge in [0.2, 0.25) is 0 Å². The summed E-state index contributed by atoms with van der Waals surface area (Å²) in [5.74, 6) is 18.4. The zero-order valence-corrected chi connectivity index (χ0v) is 71.4. The quantitative estimate of drug-likeness (QED) is 0.0235. The molecule has 0 aliphatic carbocycles. The molecular formula is C98H125NO2S6. The van der Waals surface area contributed by atoms with E-state index in [4.69, 9.17) is 0 Å². The topological polar surface area (TPSA) is 46.2 Å². The average molecular weight is 1540 g/mol. The minimum atomic E-state index is -0.280. The van der Waals surface area contributed by atoms with Crippen molar-refractivity contribution in [1.29, 1.82) is 0 Å². The van der Waals surface area contributed by atoms with Crippen molar-refractivity contribution in [2.75, 3.05) is 0 Å². The Bertz CT molecular complexity index is 4700. The van der Waals surface area contributed by atoms with Crippen LogP contribution in [0.4, 0.5) is 0 Å². The standard InChI is InChI=1S/C98H125NO2S6/c1-7-11-15-19-22-25-28-31-34-37-40-43-46-50-54-58-74-67-78(84-63-64-85(104-84)88-70-82-92-91(97(100)99-98(92)101)81-65-72(6)103-95(81)96(82)107-88)76(60-56-52-48-45-42-39-36-33-30-27-24-21-17-13-9-3)94-90(74)80-69-86-79(68-87(80)106-94)89-73(57-53-49-18-14-10-4)66-77(83-62-61-71(5)102-83)75(93(89)105-86)59-55-51-47-44-41-38-35-32-29-26-23-20-16-12-8-2/h61-70H,7-9,11-13,15-17,19-48,50-52,54-56,58-60H2,1-6H3,(H,99,100,101). The van der Waals surface area contributed by atoms with Crippen LogP contribution in [0.2, 0.25) is 0 Å². The summed E-state index contributed by atoms with van der Waals surface area (Å²) in [6.07, 6.45) is 64.3. The highest BCUT2D eigenvalue weighted by Gasteiger charge is 2.34. The fourth-order valence-corrected chi connectivity index (χ4v) is 24.0. The third-order valence-corrected chi connectivity index (χ3v) is 30.0. The highest BCUT2D eigenvalue weighted by molar-refractivity contribution is 7.31. The van der Waals surface area contributed by atoms with E-state index in [1.165, 1.54) is 377 Å². The molecule has 2 amide bonds. The van der Waals surface area contributed by atoms with Crippen molar-refractivity contribution in [1.82, 2.24) is 5.32 Å². The number of hydrogen-bond acceptors (Lipinski definition) is 8. The lowest BCUT2D eigenvalue weighted by molar-refractivity contribution is 0.0880. The second kappa shape index (κ2) is 44.5. The highest BCUT2D eigenvalue weighted by Crippen LogP contribution is 2.52. The molecule has 0 saturated carbocycles. The number of carbonyl (C=O) groups is 2. The number of nitrogens with one attached hydrogen (secondary N) is 1. The molecule has 9 heteroatoms. The Balaban J connectivity index is 0.929. The van der Waals surface area contributed by atoms with E-state index in [2.05, 4.69) is 147 Å². The van der Waals surface area contributed by atoms with Crippen molar-refractivity contribution in [2.45, 2.75) is 350 Å². The number of fused-ring (bicyclic) bond motifs is 12. The van der Waals surface area contributed by atoms with Crippen molar-refractivity contribution < 1.29 is 9.59 Å². The van der Waals surface area contributed by atoms with Crippen molar-refractivity contribution in [2.24, 2.45) is 0 Å². The largest absolute Gasteiger partial charge is 0.288 e. The summed E-state index contributed by atoms with van der Waals surface area (Å²) in [5.41, 5.74) is 9.41. The molecule has 4 aromatic carbocycles. The molecular weight excluding hydrogens is 1420 g/mol. The lowest BCUT2D eigenvalue weighted by Crippen LogP contribution is -2.20. The zero-order valence-electron chi connectivity index (χ0n) is 66.5. The molecule has 0 radical (unpaired) electrons. The second-order valence-electron chi connectivity index (χ2n) is 31.5. The van der Waals surface area contributed by atoms with Crippen LogP contribution < -0.4 is 5.32 Å². The summed E-state index contributed by atoms with van der Waals surface area (Å²) in [4.78, 5) is 34.6. The summed E-state index contributed by atoms with van der Waals surface area (Å²) < 4.78 is 7.83. The van der Waals surface area contributed by atoms with Crippen LogP contribution in [0.5, 0.6) is 0 Å². The summed E-state index contributed by atoms with van der Waals surface area (Å²) in [6, 6.07) is 24.0. The van der Waals surface area contributed by atoms with E-state index < -0.39 is 0 Å². The van der Waals surface area contributed by atoms with Crippen LogP contribution in [0.3, 0.4) is 0 Å². The van der Waals surface area contributed by atoms with Gasteiger partial charge in [-0.05, 0) is 171 Å². The van der Waals surface area contributed by atoms with Gasteiger partial charge in [0.1, 0.15) is 0 Å². The third-order valence-electron chi connectivity index (χ3n) is 22.9. The minimum Gasteiger partial charge on any atom is -0.288 e. The molecule has 1 aliphatic heterocycles. The minimum absolute atomic E-state index is 0.278. The zero-order chi connectivity index (χ0) is 74.4. The number of carbonyl (C=O) groups excluding carboxylic acids is 2. The van der Waals surface area contributed by atoms with Gasteiger partial charge in [-0.25, -0.2) is 0 Å². The fourth-order valence-electron chi connectivity index (χ4n) is 17.0. The average Bonchev–Trinajstić information content (AvgIpc) is 1.57. The summed E-state index contributed by atoms with van der Waals surface area (Å²) in [5, 5.41) is 9.99. The number of thiophene rings is 6. The van der Waals surface area contributed by atoms with Gasteiger partial charge in [0.25, 0.3) is 11.8 Å². The van der Waals surface area contributed by atoms with E-state index in [-0.39, 0.29) is 11.8 Å². The van der Waals surface area contributed by atoms with Gasteiger partial charge in [-0.2, -0.15) is 0 Å². The van der Waals surface area contributed by atoms with Gasteiger partial charge in [0.15, 0.2) is 0 Å². The number of rotatable bonds is 51. The molecule has 570 valence electrons. The number of imide groups is 1. The number of aryl methyl sites for hydroxylation is 5. The summed E-state index contributed by atoms with van der Waals surface area (Å²) in [6.45, 7) is 13.1. The Kier molecular flexibility index (Phi) is 34.3. The molecule has 0 bridgehead atoms. The van der Waals surface area contributed by atoms with Gasteiger partial charge in [-0.3, -0.25) is 14.9 Å². The van der Waals surface area contributed by atoms with E-state index in [0.717, 1.165) is 54.8 Å². The Hall–Kier alpha value is -5.54. The van der Waals surface area contributed by atoms with Crippen molar-refractivity contribution >= 4 is 140 Å². The van der Waals surface area contributed by atoms with Crippen LogP contribution in [-0.2, 0) is 19.3 Å². The molecule has 7 heterocycles. The maximum atomic E-state index is 13.6.